The Bertz CT molecular complexity index is 1780. The minimum absolute atomic E-state index is 0.00874. The second-order valence-corrected chi connectivity index (χ2v) is 12.5. The van der Waals surface area contributed by atoms with Crippen LogP contribution in [0.3, 0.4) is 0 Å². The van der Waals surface area contributed by atoms with Crippen molar-refractivity contribution in [2.75, 3.05) is 19.6 Å². The highest BCUT2D eigenvalue weighted by atomic mass is 19.2. The lowest BCUT2D eigenvalue weighted by Gasteiger charge is -2.42. The van der Waals surface area contributed by atoms with Crippen molar-refractivity contribution in [3.05, 3.63) is 130 Å². The number of hydrogen-bond acceptors (Lipinski definition) is 6. The molecule has 2 aliphatic heterocycles. The first-order chi connectivity index (χ1) is 23.5. The molecular weight excluding hydrogens is 647 g/mol. The van der Waals surface area contributed by atoms with E-state index >= 15 is 0 Å². The van der Waals surface area contributed by atoms with Gasteiger partial charge in [0.05, 0.1) is 24.9 Å². The van der Waals surface area contributed by atoms with Gasteiger partial charge in [-0.2, -0.15) is 0 Å². The maximum atomic E-state index is 14.1. The molecule has 2 fully saturated rings. The molecule has 12 heteroatoms. The minimum Gasteiger partial charge on any atom is -0.392 e. The summed E-state index contributed by atoms with van der Waals surface area (Å²) in [5.41, 5.74) is 3.08. The average molecular weight is 683 g/mol. The fraction of sp³-hybridized carbons (Fsp3) is 0.324. The summed E-state index contributed by atoms with van der Waals surface area (Å²) in [6.07, 6.45) is -0.810. The first-order valence-electron chi connectivity index (χ1n) is 15.9. The van der Waals surface area contributed by atoms with E-state index in [-0.39, 0.29) is 37.4 Å². The van der Waals surface area contributed by atoms with Gasteiger partial charge in [0.2, 0.25) is 5.82 Å². The van der Waals surface area contributed by atoms with Gasteiger partial charge >= 0.3 is 0 Å². The third-order valence-electron chi connectivity index (χ3n) is 9.14. The third-order valence-corrected chi connectivity index (χ3v) is 9.14. The molecule has 3 N–H and O–H groups in total. The highest BCUT2D eigenvalue weighted by molar-refractivity contribution is 5.94. The Hall–Kier alpha value is -4.20. The van der Waals surface area contributed by atoms with E-state index in [0.717, 1.165) is 34.4 Å². The molecule has 0 spiro atoms. The lowest BCUT2D eigenvalue weighted by molar-refractivity contribution is -0.276. The number of rotatable bonds is 9. The van der Waals surface area contributed by atoms with Crippen molar-refractivity contribution in [2.45, 2.75) is 51.1 Å². The molecule has 4 aromatic carbocycles. The molecule has 0 radical (unpaired) electrons. The van der Waals surface area contributed by atoms with Gasteiger partial charge in [-0.3, -0.25) is 9.69 Å². The maximum Gasteiger partial charge on any atom is 0.257 e. The first-order valence-corrected chi connectivity index (χ1v) is 15.9. The second-order valence-electron chi connectivity index (χ2n) is 12.5. The molecule has 2 saturated heterocycles. The molecule has 0 saturated carbocycles. The highest BCUT2D eigenvalue weighted by Crippen LogP contribution is 2.42. The van der Waals surface area contributed by atoms with Crippen LogP contribution in [0.4, 0.5) is 22.0 Å². The van der Waals surface area contributed by atoms with Crippen LogP contribution in [0.5, 0.6) is 0 Å². The summed E-state index contributed by atoms with van der Waals surface area (Å²) in [5.74, 6) is -12.6. The van der Waals surface area contributed by atoms with E-state index in [2.05, 4.69) is 17.1 Å². The molecule has 1 amide bonds. The van der Waals surface area contributed by atoms with Gasteiger partial charge in [-0.25, -0.2) is 22.0 Å². The summed E-state index contributed by atoms with van der Waals surface area (Å²) >= 11 is 0. The summed E-state index contributed by atoms with van der Waals surface area (Å²) in [6, 6.07) is 22.1. The van der Waals surface area contributed by atoms with Crippen LogP contribution in [-0.4, -0.2) is 52.9 Å². The van der Waals surface area contributed by atoms with Crippen LogP contribution in [0.25, 0.3) is 11.1 Å². The molecular formula is C37H35F5N2O5. The maximum absolute atomic E-state index is 14.1. The molecule has 7 nitrogen and oxygen atoms in total. The third kappa shape index (κ3) is 7.38. The molecule has 5 atom stereocenters. The Balaban J connectivity index is 1.18. The van der Waals surface area contributed by atoms with Gasteiger partial charge in [-0.15, -0.1) is 0 Å². The number of ether oxygens (including phenoxy) is 2. The van der Waals surface area contributed by atoms with Crippen LogP contribution in [0.1, 0.15) is 58.4 Å². The van der Waals surface area contributed by atoms with E-state index in [1.807, 2.05) is 54.6 Å². The van der Waals surface area contributed by atoms with Gasteiger partial charge < -0.3 is 25.0 Å². The van der Waals surface area contributed by atoms with Gasteiger partial charge in [0.25, 0.3) is 5.91 Å². The summed E-state index contributed by atoms with van der Waals surface area (Å²) in [7, 11) is 0. The number of hydrogen-bond donors (Lipinski definition) is 3. The van der Waals surface area contributed by atoms with Gasteiger partial charge in [0, 0.05) is 37.7 Å². The molecule has 2 aliphatic rings. The number of carbonyl (C=O) groups excluding carboxylic acids is 1. The Labute approximate surface area is 279 Å². The number of carbonyl (C=O) groups is 1. The van der Waals surface area contributed by atoms with Crippen molar-refractivity contribution < 1.29 is 46.4 Å². The van der Waals surface area contributed by atoms with Crippen molar-refractivity contribution >= 4 is 5.91 Å². The number of benzene rings is 4. The standard InChI is InChI=1S/C37H35F5N2O5/c1-20-28(18-44-14-13-27(46)17-44)48-37(49-35(20)24-7-5-21(19-45)6-8-24)25-11-9-23(10-12-25)26-4-2-3-22(15-26)16-43-36(47)29-30(38)32(40)34(42)33(41)31(29)39/h2-12,15,20,27-28,35,37,45-46H,13-14,16-19H2,1H3,(H,43,47). The summed E-state index contributed by atoms with van der Waals surface area (Å²) in [5, 5.41) is 21.8. The minimum atomic E-state index is -2.34. The van der Waals surface area contributed by atoms with E-state index in [1.165, 1.54) is 0 Å². The number of likely N-dealkylation sites (tertiary alicyclic amines) is 1. The average Bonchev–Trinajstić information content (AvgIpc) is 3.54. The molecule has 0 bridgehead atoms. The summed E-state index contributed by atoms with van der Waals surface area (Å²) in [6.45, 7) is 3.79. The predicted molar refractivity (Wildman–Crippen MR) is 169 cm³/mol. The Morgan fingerprint density at radius 2 is 1.49 bits per heavy atom. The summed E-state index contributed by atoms with van der Waals surface area (Å²) in [4.78, 5) is 14.6. The van der Waals surface area contributed by atoms with Crippen LogP contribution in [0.2, 0.25) is 0 Å². The number of nitrogens with one attached hydrogen (secondary N) is 1. The molecule has 0 aliphatic carbocycles. The molecule has 6 rings (SSSR count). The van der Waals surface area contributed by atoms with E-state index < -0.39 is 46.8 Å². The zero-order valence-corrected chi connectivity index (χ0v) is 26.5. The lowest BCUT2D eigenvalue weighted by Crippen LogP contribution is -2.44. The van der Waals surface area contributed by atoms with Crippen LogP contribution in [0.15, 0.2) is 72.8 Å². The first kappa shape index (κ1) is 34.7. The number of β-amino-alcohol motifs (C(OH)–C–C–N with tert-alkyl or cyclic N) is 1. The monoisotopic (exact) mass is 682 g/mol. The lowest BCUT2D eigenvalue weighted by atomic mass is 9.90. The van der Waals surface area contributed by atoms with Crippen molar-refractivity contribution in [1.82, 2.24) is 10.2 Å². The predicted octanol–water partition coefficient (Wildman–Crippen LogP) is 6.33. The second kappa shape index (κ2) is 14.7. The van der Waals surface area contributed by atoms with Crippen LogP contribution in [0, 0.1) is 35.0 Å². The fourth-order valence-electron chi connectivity index (χ4n) is 6.33. The fourth-order valence-corrected chi connectivity index (χ4v) is 6.33. The molecule has 5 unspecified atom stereocenters. The number of aliphatic hydroxyl groups is 2. The zero-order chi connectivity index (χ0) is 34.8. The van der Waals surface area contributed by atoms with Crippen molar-refractivity contribution in [2.24, 2.45) is 5.92 Å². The van der Waals surface area contributed by atoms with Gasteiger partial charge in [-0.05, 0) is 40.3 Å². The van der Waals surface area contributed by atoms with Crippen molar-refractivity contribution in [1.29, 1.82) is 0 Å². The molecule has 258 valence electrons. The SMILES string of the molecule is CC1C(CN2CCC(O)C2)OC(c2ccc(-c3cccc(CNC(=O)c4c(F)c(F)c(F)c(F)c4F)c3)cc2)OC1c1ccc(CO)cc1. The van der Waals surface area contributed by atoms with Gasteiger partial charge in [0.1, 0.15) is 5.56 Å². The quantitative estimate of drug-likeness (QED) is 0.109. The van der Waals surface area contributed by atoms with Crippen LogP contribution in [-0.2, 0) is 22.6 Å². The number of nitrogens with zero attached hydrogens (tertiary/aromatic N) is 1. The molecule has 49 heavy (non-hydrogen) atoms. The number of aliphatic hydroxyl groups excluding tert-OH is 2. The van der Waals surface area contributed by atoms with Gasteiger partial charge in [0.15, 0.2) is 29.6 Å². The molecule has 0 aromatic heterocycles. The largest absolute Gasteiger partial charge is 0.392 e. The number of amides is 1. The van der Waals surface area contributed by atoms with Gasteiger partial charge in [-0.1, -0.05) is 73.7 Å². The number of halogens is 5. The highest BCUT2D eigenvalue weighted by Gasteiger charge is 2.40. The molecule has 2 heterocycles. The Kier molecular flexibility index (Phi) is 10.4. The van der Waals surface area contributed by atoms with Crippen molar-refractivity contribution in [3.63, 3.8) is 0 Å². The molecule has 4 aromatic rings. The normalized spacial score (nSPS) is 22.7. The van der Waals surface area contributed by atoms with E-state index in [1.54, 1.807) is 18.2 Å². The topological polar surface area (TPSA) is 91.3 Å². The Morgan fingerprint density at radius 1 is 0.837 bits per heavy atom. The van der Waals surface area contributed by atoms with Crippen LogP contribution >= 0.6 is 0 Å². The van der Waals surface area contributed by atoms with E-state index in [0.29, 0.717) is 25.1 Å². The van der Waals surface area contributed by atoms with Crippen molar-refractivity contribution in [3.8, 4) is 11.1 Å². The summed E-state index contributed by atoms with van der Waals surface area (Å²) < 4.78 is 81.8. The smallest absolute Gasteiger partial charge is 0.257 e. The zero-order valence-electron chi connectivity index (χ0n) is 26.5. The van der Waals surface area contributed by atoms with E-state index in [4.69, 9.17) is 9.47 Å². The Morgan fingerprint density at radius 3 is 2.12 bits per heavy atom. The van der Waals surface area contributed by atoms with Crippen LogP contribution < -0.4 is 5.32 Å². The van der Waals surface area contributed by atoms with E-state index in [9.17, 15) is 37.0 Å².